The summed E-state index contributed by atoms with van der Waals surface area (Å²) in [5.41, 5.74) is 1.92. The maximum Gasteiger partial charge on any atom is 0.174 e. The van der Waals surface area contributed by atoms with Crippen molar-refractivity contribution in [2.45, 2.75) is 31.9 Å². The van der Waals surface area contributed by atoms with Crippen molar-refractivity contribution in [1.82, 2.24) is 14.8 Å². The van der Waals surface area contributed by atoms with E-state index in [0.717, 1.165) is 30.4 Å². The molecular formula is C17H23ClN4S. The monoisotopic (exact) mass is 350 g/mol. The standard InChI is InChI=1S/C17H23ClN4S/c1-3-21(10-13(2)23-12-14-6-7-14)16-11-22(20-17(16)18)15-5-4-8-19-9-15/h4-5,8-9,11,13-14H,3,6-7,10,12H2,1-2H3. The van der Waals surface area contributed by atoms with Gasteiger partial charge in [0.25, 0.3) is 0 Å². The summed E-state index contributed by atoms with van der Waals surface area (Å²) in [5.74, 6) is 2.26. The summed E-state index contributed by atoms with van der Waals surface area (Å²) in [7, 11) is 0. The van der Waals surface area contributed by atoms with Gasteiger partial charge >= 0.3 is 0 Å². The molecule has 0 saturated heterocycles. The van der Waals surface area contributed by atoms with Crippen molar-refractivity contribution in [3.05, 3.63) is 35.9 Å². The van der Waals surface area contributed by atoms with Gasteiger partial charge < -0.3 is 4.90 Å². The zero-order chi connectivity index (χ0) is 16.2. The smallest absolute Gasteiger partial charge is 0.174 e. The molecule has 0 aliphatic heterocycles. The van der Waals surface area contributed by atoms with E-state index >= 15 is 0 Å². The first kappa shape index (κ1) is 16.7. The predicted octanol–water partition coefficient (Wildman–Crippen LogP) is 4.28. The molecule has 124 valence electrons. The Bertz CT molecular complexity index is 627. The maximum atomic E-state index is 6.39. The van der Waals surface area contributed by atoms with E-state index in [-0.39, 0.29) is 0 Å². The highest BCUT2D eigenvalue weighted by atomic mass is 35.5. The number of pyridine rings is 1. The quantitative estimate of drug-likeness (QED) is 0.711. The molecule has 0 N–H and O–H groups in total. The van der Waals surface area contributed by atoms with Gasteiger partial charge in [0.1, 0.15) is 0 Å². The number of rotatable bonds is 8. The number of anilines is 1. The second kappa shape index (κ2) is 7.58. The third-order valence-electron chi connectivity index (χ3n) is 4.08. The second-order valence-electron chi connectivity index (χ2n) is 6.09. The topological polar surface area (TPSA) is 34.0 Å². The van der Waals surface area contributed by atoms with Crippen LogP contribution in [0.5, 0.6) is 0 Å². The fourth-order valence-corrected chi connectivity index (χ4v) is 3.99. The van der Waals surface area contributed by atoms with Crippen molar-refractivity contribution in [2.24, 2.45) is 5.92 Å². The van der Waals surface area contributed by atoms with E-state index in [4.69, 9.17) is 11.6 Å². The molecule has 1 saturated carbocycles. The molecule has 1 aliphatic rings. The van der Waals surface area contributed by atoms with Crippen LogP contribution in [0, 0.1) is 5.92 Å². The lowest BCUT2D eigenvalue weighted by Gasteiger charge is -2.25. The lowest BCUT2D eigenvalue weighted by Crippen LogP contribution is -2.29. The van der Waals surface area contributed by atoms with Gasteiger partial charge in [-0.15, -0.1) is 0 Å². The molecule has 0 spiro atoms. The van der Waals surface area contributed by atoms with Gasteiger partial charge in [0.2, 0.25) is 0 Å². The normalized spacial score (nSPS) is 15.6. The third kappa shape index (κ3) is 4.42. The molecule has 2 heterocycles. The minimum absolute atomic E-state index is 0.551. The molecule has 3 rings (SSSR count). The summed E-state index contributed by atoms with van der Waals surface area (Å²) in [4.78, 5) is 6.45. The van der Waals surface area contributed by atoms with Gasteiger partial charge in [-0.05, 0) is 43.6 Å². The Hall–Kier alpha value is -1.20. The average molecular weight is 351 g/mol. The van der Waals surface area contributed by atoms with E-state index in [1.54, 1.807) is 17.1 Å². The zero-order valence-corrected chi connectivity index (χ0v) is 15.2. The second-order valence-corrected chi connectivity index (χ2v) is 7.92. The first-order valence-corrected chi connectivity index (χ1v) is 9.62. The average Bonchev–Trinajstić information content (AvgIpc) is 3.33. The lowest BCUT2D eigenvalue weighted by molar-refractivity contribution is 0.800. The first-order valence-electron chi connectivity index (χ1n) is 8.19. The Labute approximate surface area is 147 Å². The molecule has 0 radical (unpaired) electrons. The Morgan fingerprint density at radius 2 is 2.30 bits per heavy atom. The van der Waals surface area contributed by atoms with Crippen LogP contribution in [-0.4, -0.2) is 38.9 Å². The molecule has 1 atom stereocenters. The van der Waals surface area contributed by atoms with Crippen molar-refractivity contribution in [3.63, 3.8) is 0 Å². The summed E-state index contributed by atoms with van der Waals surface area (Å²) < 4.78 is 1.80. The number of hydrogen-bond donors (Lipinski definition) is 0. The Morgan fingerprint density at radius 1 is 1.48 bits per heavy atom. The number of hydrogen-bond acceptors (Lipinski definition) is 4. The first-order chi connectivity index (χ1) is 11.2. The van der Waals surface area contributed by atoms with Gasteiger partial charge in [-0.25, -0.2) is 4.68 Å². The van der Waals surface area contributed by atoms with Crippen molar-refractivity contribution < 1.29 is 0 Å². The molecule has 0 bridgehead atoms. The molecule has 6 heteroatoms. The Kier molecular flexibility index (Phi) is 5.49. The fourth-order valence-electron chi connectivity index (χ4n) is 2.52. The van der Waals surface area contributed by atoms with E-state index in [9.17, 15) is 0 Å². The Morgan fingerprint density at radius 3 is 2.96 bits per heavy atom. The number of halogens is 1. The molecule has 4 nitrogen and oxygen atoms in total. The van der Waals surface area contributed by atoms with Crippen LogP contribution in [0.2, 0.25) is 5.15 Å². The van der Waals surface area contributed by atoms with Crippen molar-refractivity contribution >= 4 is 29.1 Å². The van der Waals surface area contributed by atoms with Gasteiger partial charge in [-0.1, -0.05) is 18.5 Å². The highest BCUT2D eigenvalue weighted by Gasteiger charge is 2.23. The van der Waals surface area contributed by atoms with E-state index in [1.165, 1.54) is 18.6 Å². The SMILES string of the molecule is CCN(CC(C)SCC1CC1)c1cn(-c2cccnc2)nc1Cl. The van der Waals surface area contributed by atoms with Crippen LogP contribution in [0.15, 0.2) is 30.7 Å². The van der Waals surface area contributed by atoms with Crippen LogP contribution >= 0.6 is 23.4 Å². The van der Waals surface area contributed by atoms with E-state index in [1.807, 2.05) is 18.3 Å². The molecule has 0 amide bonds. The van der Waals surface area contributed by atoms with Gasteiger partial charge in [0.05, 0.1) is 23.8 Å². The van der Waals surface area contributed by atoms with Gasteiger partial charge in [0.15, 0.2) is 5.15 Å². The summed E-state index contributed by atoms with van der Waals surface area (Å²) in [5, 5.41) is 5.58. The van der Waals surface area contributed by atoms with Gasteiger partial charge in [0, 0.05) is 24.5 Å². The summed E-state index contributed by atoms with van der Waals surface area (Å²) in [6.45, 7) is 6.38. The van der Waals surface area contributed by atoms with Crippen LogP contribution in [0.1, 0.15) is 26.7 Å². The molecule has 1 aliphatic carbocycles. The predicted molar refractivity (Wildman–Crippen MR) is 98.9 cm³/mol. The molecule has 0 aromatic carbocycles. The highest BCUT2D eigenvalue weighted by Crippen LogP contribution is 2.34. The minimum atomic E-state index is 0.551. The lowest BCUT2D eigenvalue weighted by atomic mass is 10.3. The molecule has 2 aromatic rings. The molecular weight excluding hydrogens is 328 g/mol. The van der Waals surface area contributed by atoms with Gasteiger partial charge in [-0.2, -0.15) is 16.9 Å². The van der Waals surface area contributed by atoms with Crippen LogP contribution in [0.4, 0.5) is 5.69 Å². The number of aromatic nitrogens is 3. The molecule has 1 fully saturated rings. The summed E-state index contributed by atoms with van der Waals surface area (Å²) >= 11 is 8.46. The Balaban J connectivity index is 1.69. The maximum absolute atomic E-state index is 6.39. The van der Waals surface area contributed by atoms with Gasteiger partial charge in [-0.3, -0.25) is 4.98 Å². The summed E-state index contributed by atoms with van der Waals surface area (Å²) in [6, 6.07) is 3.88. The zero-order valence-electron chi connectivity index (χ0n) is 13.7. The van der Waals surface area contributed by atoms with Crippen LogP contribution in [-0.2, 0) is 0 Å². The van der Waals surface area contributed by atoms with Crippen LogP contribution in [0.25, 0.3) is 5.69 Å². The van der Waals surface area contributed by atoms with E-state index in [0.29, 0.717) is 10.4 Å². The number of thioether (sulfide) groups is 1. The van der Waals surface area contributed by atoms with Crippen molar-refractivity contribution in [2.75, 3.05) is 23.7 Å². The molecule has 23 heavy (non-hydrogen) atoms. The minimum Gasteiger partial charge on any atom is -0.367 e. The van der Waals surface area contributed by atoms with Crippen molar-refractivity contribution in [1.29, 1.82) is 0 Å². The number of nitrogens with zero attached hydrogens (tertiary/aromatic N) is 4. The van der Waals surface area contributed by atoms with Crippen LogP contribution in [0.3, 0.4) is 0 Å². The third-order valence-corrected chi connectivity index (χ3v) is 5.73. The van der Waals surface area contributed by atoms with E-state index in [2.05, 4.69) is 40.6 Å². The van der Waals surface area contributed by atoms with E-state index < -0.39 is 0 Å². The molecule has 2 aromatic heterocycles. The van der Waals surface area contributed by atoms with Crippen LogP contribution < -0.4 is 4.90 Å². The summed E-state index contributed by atoms with van der Waals surface area (Å²) in [6.07, 6.45) is 8.38. The highest BCUT2D eigenvalue weighted by molar-refractivity contribution is 7.99. The molecule has 1 unspecified atom stereocenters. The largest absolute Gasteiger partial charge is 0.367 e. The fraction of sp³-hybridized carbons (Fsp3) is 0.529. The van der Waals surface area contributed by atoms with Crippen molar-refractivity contribution in [3.8, 4) is 5.69 Å².